The van der Waals surface area contributed by atoms with Crippen molar-refractivity contribution in [2.24, 2.45) is 0 Å². The number of ether oxygens (including phenoxy) is 1. The fourth-order valence-corrected chi connectivity index (χ4v) is 4.19. The van der Waals surface area contributed by atoms with E-state index in [1.807, 2.05) is 5.38 Å². The summed E-state index contributed by atoms with van der Waals surface area (Å²) < 4.78 is 19.6. The van der Waals surface area contributed by atoms with E-state index in [9.17, 15) is 9.18 Å². The molecule has 0 aliphatic heterocycles. The van der Waals surface area contributed by atoms with Gasteiger partial charge in [0.2, 0.25) is 5.91 Å². The van der Waals surface area contributed by atoms with Gasteiger partial charge in [-0.05, 0) is 42.5 Å². The van der Waals surface area contributed by atoms with Crippen LogP contribution < -0.4 is 10.1 Å². The molecule has 142 valence electrons. The maximum Gasteiger partial charge on any atom is 0.232 e. The van der Waals surface area contributed by atoms with E-state index in [1.165, 1.54) is 34.8 Å². The van der Waals surface area contributed by atoms with Gasteiger partial charge in [-0.15, -0.1) is 11.3 Å². The molecular formula is C19H13ClFN3O2S2. The van der Waals surface area contributed by atoms with Gasteiger partial charge in [0.25, 0.3) is 0 Å². The molecule has 0 aliphatic carbocycles. The van der Waals surface area contributed by atoms with Gasteiger partial charge in [-0.25, -0.2) is 14.4 Å². The molecule has 0 atom stereocenters. The zero-order valence-electron chi connectivity index (χ0n) is 14.3. The third-order valence-electron chi connectivity index (χ3n) is 3.71. The van der Waals surface area contributed by atoms with Gasteiger partial charge in [-0.2, -0.15) is 0 Å². The van der Waals surface area contributed by atoms with Crippen molar-refractivity contribution in [2.75, 3.05) is 5.32 Å². The Morgan fingerprint density at radius 1 is 1.18 bits per heavy atom. The highest BCUT2D eigenvalue weighted by Crippen LogP contribution is 2.26. The van der Waals surface area contributed by atoms with Gasteiger partial charge in [0, 0.05) is 10.4 Å². The lowest BCUT2D eigenvalue weighted by atomic mass is 10.3. The maximum atomic E-state index is 13.3. The molecule has 4 aromatic rings. The van der Waals surface area contributed by atoms with E-state index in [0.29, 0.717) is 38.4 Å². The molecule has 0 aliphatic rings. The summed E-state index contributed by atoms with van der Waals surface area (Å²) in [5.41, 5.74) is 1.31. The van der Waals surface area contributed by atoms with Crippen LogP contribution >= 0.6 is 34.3 Å². The number of carbonyl (C=O) groups is 1. The topological polar surface area (TPSA) is 64.1 Å². The molecule has 1 N–H and O–H groups in total. The van der Waals surface area contributed by atoms with Crippen molar-refractivity contribution < 1.29 is 13.9 Å². The van der Waals surface area contributed by atoms with Gasteiger partial charge in [-0.1, -0.05) is 22.9 Å². The standard InChI is InChI=1S/C19H13ClFN3O2S2/c20-11-1-4-14(5-2-11)26-9-18-22-13(10-27-18)8-17(25)24-19-23-15-6-3-12(21)7-16(15)28-19/h1-7,10H,8-9H2,(H,23,24,25). The van der Waals surface area contributed by atoms with Crippen molar-refractivity contribution in [3.05, 3.63) is 69.4 Å². The minimum Gasteiger partial charge on any atom is -0.486 e. The van der Waals surface area contributed by atoms with Crippen LogP contribution in [-0.2, 0) is 17.8 Å². The summed E-state index contributed by atoms with van der Waals surface area (Å²) in [6, 6.07) is 11.4. The van der Waals surface area contributed by atoms with Crippen LogP contribution in [0, 0.1) is 5.82 Å². The first-order valence-electron chi connectivity index (χ1n) is 8.23. The third-order valence-corrected chi connectivity index (χ3v) is 5.77. The largest absolute Gasteiger partial charge is 0.486 e. The zero-order chi connectivity index (χ0) is 19.5. The van der Waals surface area contributed by atoms with E-state index in [-0.39, 0.29) is 18.1 Å². The van der Waals surface area contributed by atoms with Crippen LogP contribution in [0.25, 0.3) is 10.2 Å². The number of nitrogens with one attached hydrogen (secondary N) is 1. The average Bonchev–Trinajstić information content (AvgIpc) is 3.27. The van der Waals surface area contributed by atoms with Crippen molar-refractivity contribution in [2.45, 2.75) is 13.0 Å². The summed E-state index contributed by atoms with van der Waals surface area (Å²) in [7, 11) is 0. The summed E-state index contributed by atoms with van der Waals surface area (Å²) in [4.78, 5) is 20.9. The molecule has 0 saturated carbocycles. The molecule has 5 nitrogen and oxygen atoms in total. The Labute approximate surface area is 172 Å². The molecular weight excluding hydrogens is 421 g/mol. The highest BCUT2D eigenvalue weighted by Gasteiger charge is 2.12. The second-order valence-electron chi connectivity index (χ2n) is 5.83. The minimum absolute atomic E-state index is 0.127. The van der Waals surface area contributed by atoms with Crippen LogP contribution in [0.15, 0.2) is 47.8 Å². The lowest BCUT2D eigenvalue weighted by Crippen LogP contribution is -2.14. The molecule has 0 fully saturated rings. The van der Waals surface area contributed by atoms with Gasteiger partial charge in [0.1, 0.15) is 23.2 Å². The van der Waals surface area contributed by atoms with Gasteiger partial charge in [0.15, 0.2) is 5.13 Å². The SMILES string of the molecule is O=C(Cc1csc(COc2ccc(Cl)cc2)n1)Nc1nc2ccc(F)cc2s1. The van der Waals surface area contributed by atoms with Crippen molar-refractivity contribution in [3.8, 4) is 5.75 Å². The molecule has 0 unspecified atom stereocenters. The number of halogens is 2. The van der Waals surface area contributed by atoms with Gasteiger partial charge >= 0.3 is 0 Å². The number of nitrogens with zero attached hydrogens (tertiary/aromatic N) is 2. The van der Waals surface area contributed by atoms with E-state index in [1.54, 1.807) is 30.3 Å². The van der Waals surface area contributed by atoms with Crippen molar-refractivity contribution in [3.63, 3.8) is 0 Å². The van der Waals surface area contributed by atoms with E-state index in [4.69, 9.17) is 16.3 Å². The smallest absolute Gasteiger partial charge is 0.232 e. The normalized spacial score (nSPS) is 10.9. The van der Waals surface area contributed by atoms with Gasteiger partial charge in [-0.3, -0.25) is 4.79 Å². The Kier molecular flexibility index (Phi) is 5.52. The van der Waals surface area contributed by atoms with Crippen LogP contribution in [0.3, 0.4) is 0 Å². The van der Waals surface area contributed by atoms with Crippen LogP contribution in [0.5, 0.6) is 5.75 Å². The third kappa shape index (κ3) is 4.64. The number of fused-ring (bicyclic) bond motifs is 1. The number of amides is 1. The Morgan fingerprint density at radius 3 is 2.82 bits per heavy atom. The predicted octanol–water partition coefficient (Wildman–Crippen LogP) is 5.31. The number of benzene rings is 2. The molecule has 2 aromatic heterocycles. The minimum atomic E-state index is -0.329. The number of thiazole rings is 2. The predicted molar refractivity (Wildman–Crippen MR) is 110 cm³/mol. The monoisotopic (exact) mass is 433 g/mol. The van der Waals surface area contributed by atoms with Crippen molar-refractivity contribution in [1.82, 2.24) is 9.97 Å². The molecule has 2 aromatic carbocycles. The highest BCUT2D eigenvalue weighted by molar-refractivity contribution is 7.22. The molecule has 0 bridgehead atoms. The quantitative estimate of drug-likeness (QED) is 0.447. The van der Waals surface area contributed by atoms with E-state index in [0.717, 1.165) is 5.01 Å². The van der Waals surface area contributed by atoms with Crippen LogP contribution in [0.4, 0.5) is 9.52 Å². The van der Waals surface area contributed by atoms with Gasteiger partial charge in [0.05, 0.1) is 22.3 Å². The number of anilines is 1. The fourth-order valence-electron chi connectivity index (χ4n) is 2.45. The second-order valence-corrected chi connectivity index (χ2v) is 8.24. The second kappa shape index (κ2) is 8.22. The van der Waals surface area contributed by atoms with Gasteiger partial charge < -0.3 is 10.1 Å². The van der Waals surface area contributed by atoms with E-state index in [2.05, 4.69) is 15.3 Å². The van der Waals surface area contributed by atoms with E-state index >= 15 is 0 Å². The molecule has 28 heavy (non-hydrogen) atoms. The van der Waals surface area contributed by atoms with E-state index < -0.39 is 0 Å². The first kappa shape index (κ1) is 18.8. The Balaban J connectivity index is 1.33. The molecule has 2 heterocycles. The molecule has 0 spiro atoms. The number of hydrogen-bond donors (Lipinski definition) is 1. The maximum absolute atomic E-state index is 13.3. The molecule has 0 radical (unpaired) electrons. The summed E-state index contributed by atoms with van der Waals surface area (Å²) in [6.07, 6.45) is 0.127. The lowest BCUT2D eigenvalue weighted by molar-refractivity contribution is -0.115. The molecule has 0 saturated heterocycles. The summed E-state index contributed by atoms with van der Waals surface area (Å²) in [6.45, 7) is 0.317. The highest BCUT2D eigenvalue weighted by atomic mass is 35.5. The van der Waals surface area contributed by atoms with Crippen molar-refractivity contribution in [1.29, 1.82) is 0 Å². The zero-order valence-corrected chi connectivity index (χ0v) is 16.7. The molecule has 9 heteroatoms. The number of rotatable bonds is 6. The summed E-state index contributed by atoms with van der Waals surface area (Å²) in [5.74, 6) is 0.144. The molecule has 4 rings (SSSR count). The average molecular weight is 434 g/mol. The summed E-state index contributed by atoms with van der Waals surface area (Å²) in [5, 5.41) is 6.42. The Hall–Kier alpha value is -2.55. The van der Waals surface area contributed by atoms with Crippen molar-refractivity contribution >= 4 is 55.5 Å². The first-order valence-corrected chi connectivity index (χ1v) is 10.3. The first-order chi connectivity index (χ1) is 13.5. The number of aromatic nitrogens is 2. The van der Waals surface area contributed by atoms with Crippen LogP contribution in [0.1, 0.15) is 10.7 Å². The molecule has 1 amide bonds. The Bertz CT molecular complexity index is 1130. The van der Waals surface area contributed by atoms with Crippen LogP contribution in [-0.4, -0.2) is 15.9 Å². The Morgan fingerprint density at radius 2 is 2.00 bits per heavy atom. The van der Waals surface area contributed by atoms with Crippen LogP contribution in [0.2, 0.25) is 5.02 Å². The lowest BCUT2D eigenvalue weighted by Gasteiger charge is -2.03. The number of carbonyl (C=O) groups excluding carboxylic acids is 1. The number of hydrogen-bond acceptors (Lipinski definition) is 6. The fraction of sp³-hybridized carbons (Fsp3) is 0.105. The summed E-state index contributed by atoms with van der Waals surface area (Å²) >= 11 is 8.51.